The lowest BCUT2D eigenvalue weighted by molar-refractivity contribution is -0.174. The first-order valence-corrected chi connectivity index (χ1v) is 15.3. The highest BCUT2D eigenvalue weighted by Crippen LogP contribution is 2.63. The highest BCUT2D eigenvalue weighted by atomic mass is 32.2. The van der Waals surface area contributed by atoms with E-state index in [4.69, 9.17) is 4.55 Å². The van der Waals surface area contributed by atoms with Crippen LogP contribution in [-0.4, -0.2) is 54.1 Å². The molecular weight excluding hydrogens is 560 g/mol. The largest absolute Gasteiger partial charge is 0.465 e. The van der Waals surface area contributed by atoms with Crippen molar-refractivity contribution in [2.75, 3.05) is 6.61 Å². The SMILES string of the molecule is C[C@H](CCC(=O)OCCC(F)(F)C(F)(F)S(=O)(=O)O)[C@H]1CC[C@H]2[C@@H]3C(=O)CC4CC(=O)CC[C@@H]4[C@H]3CC(=O)[C@]12C. The number of esters is 1. The van der Waals surface area contributed by atoms with Crippen LogP contribution in [0, 0.1) is 46.8 Å². The van der Waals surface area contributed by atoms with Crippen molar-refractivity contribution in [2.24, 2.45) is 46.8 Å². The van der Waals surface area contributed by atoms with Gasteiger partial charge in [-0.3, -0.25) is 23.7 Å². The van der Waals surface area contributed by atoms with E-state index in [1.165, 1.54) is 0 Å². The zero-order valence-corrected chi connectivity index (χ0v) is 23.4. The van der Waals surface area contributed by atoms with Crippen LogP contribution in [0.5, 0.6) is 0 Å². The summed E-state index contributed by atoms with van der Waals surface area (Å²) >= 11 is 0. The predicted molar refractivity (Wildman–Crippen MR) is 132 cm³/mol. The highest BCUT2D eigenvalue weighted by molar-refractivity contribution is 7.87. The van der Waals surface area contributed by atoms with Crippen LogP contribution in [0.3, 0.4) is 0 Å². The van der Waals surface area contributed by atoms with Gasteiger partial charge in [-0.05, 0) is 61.2 Å². The molecule has 0 bridgehead atoms. The molecule has 4 fully saturated rings. The molecule has 0 radical (unpaired) electrons. The van der Waals surface area contributed by atoms with Gasteiger partial charge in [-0.15, -0.1) is 0 Å². The number of rotatable bonds is 9. The maximum absolute atomic E-state index is 13.7. The van der Waals surface area contributed by atoms with Gasteiger partial charge in [0.2, 0.25) is 0 Å². The molecule has 0 spiro atoms. The van der Waals surface area contributed by atoms with Crippen LogP contribution in [0.2, 0.25) is 0 Å². The lowest BCUT2D eigenvalue weighted by Gasteiger charge is -2.54. The summed E-state index contributed by atoms with van der Waals surface area (Å²) in [6.45, 7) is 2.60. The molecule has 0 amide bonds. The fraction of sp³-hybridized carbons (Fsp3) is 0.852. The lowest BCUT2D eigenvalue weighted by Crippen LogP contribution is -2.56. The number of carbonyl (C=O) groups is 4. The first-order valence-electron chi connectivity index (χ1n) is 13.9. The number of halogens is 4. The van der Waals surface area contributed by atoms with Crippen LogP contribution in [0.15, 0.2) is 0 Å². The van der Waals surface area contributed by atoms with E-state index in [-0.39, 0.29) is 71.6 Å². The molecule has 0 saturated heterocycles. The van der Waals surface area contributed by atoms with Crippen molar-refractivity contribution in [3.63, 3.8) is 0 Å². The Balaban J connectivity index is 1.34. The number of hydrogen-bond donors (Lipinski definition) is 1. The molecule has 8 atom stereocenters. The quantitative estimate of drug-likeness (QED) is 0.231. The topological polar surface area (TPSA) is 132 Å². The molecule has 8 nitrogen and oxygen atoms in total. The fourth-order valence-electron chi connectivity index (χ4n) is 8.35. The third-order valence-corrected chi connectivity index (χ3v) is 11.3. The van der Waals surface area contributed by atoms with Gasteiger partial charge in [-0.25, -0.2) is 0 Å². The zero-order chi connectivity index (χ0) is 29.8. The van der Waals surface area contributed by atoms with Gasteiger partial charge in [0.25, 0.3) is 0 Å². The van der Waals surface area contributed by atoms with E-state index in [2.05, 4.69) is 4.74 Å². The maximum Gasteiger partial charge on any atom is 0.431 e. The smallest absolute Gasteiger partial charge is 0.431 e. The average Bonchev–Trinajstić information content (AvgIpc) is 3.20. The van der Waals surface area contributed by atoms with Gasteiger partial charge in [-0.1, -0.05) is 13.8 Å². The molecule has 1 unspecified atom stereocenters. The summed E-state index contributed by atoms with van der Waals surface area (Å²) in [6.07, 6.45) is 1.88. The molecule has 40 heavy (non-hydrogen) atoms. The predicted octanol–water partition coefficient (Wildman–Crippen LogP) is 4.65. The van der Waals surface area contributed by atoms with Gasteiger partial charge in [0, 0.05) is 43.4 Å². The molecule has 1 N–H and O–H groups in total. The number of Topliss-reactive ketones (excluding diaryl/α,β-unsaturated/α-hetero) is 3. The van der Waals surface area contributed by atoms with E-state index < -0.39 is 45.7 Å². The Kier molecular flexibility index (Phi) is 8.34. The number of ketones is 3. The van der Waals surface area contributed by atoms with Crippen molar-refractivity contribution in [1.82, 2.24) is 0 Å². The van der Waals surface area contributed by atoms with E-state index >= 15 is 0 Å². The minimum Gasteiger partial charge on any atom is -0.465 e. The normalized spacial score (nSPS) is 35.5. The van der Waals surface area contributed by atoms with Gasteiger partial charge in [0.15, 0.2) is 0 Å². The molecule has 4 saturated carbocycles. The number of alkyl halides is 4. The van der Waals surface area contributed by atoms with Crippen molar-refractivity contribution in [3.05, 3.63) is 0 Å². The molecule has 13 heteroatoms. The van der Waals surface area contributed by atoms with Crippen LogP contribution in [0.25, 0.3) is 0 Å². The van der Waals surface area contributed by atoms with E-state index in [9.17, 15) is 45.2 Å². The molecule has 4 aliphatic carbocycles. The monoisotopic (exact) mass is 596 g/mol. The Morgan fingerprint density at radius 1 is 1.07 bits per heavy atom. The van der Waals surface area contributed by atoms with Crippen molar-refractivity contribution in [3.8, 4) is 0 Å². The molecule has 0 aliphatic heterocycles. The maximum atomic E-state index is 13.7. The Morgan fingerprint density at radius 3 is 2.40 bits per heavy atom. The first-order chi connectivity index (χ1) is 18.4. The second kappa shape index (κ2) is 10.7. The van der Waals surface area contributed by atoms with Crippen LogP contribution in [0.4, 0.5) is 17.6 Å². The van der Waals surface area contributed by atoms with Crippen molar-refractivity contribution >= 4 is 33.4 Å². The van der Waals surface area contributed by atoms with Crippen LogP contribution < -0.4 is 0 Å². The molecule has 0 heterocycles. The third-order valence-electron chi connectivity index (χ3n) is 10.4. The minimum absolute atomic E-state index is 0.0218. The van der Waals surface area contributed by atoms with Crippen molar-refractivity contribution < 1.29 is 54.4 Å². The highest BCUT2D eigenvalue weighted by Gasteiger charge is 2.66. The number of carbonyl (C=O) groups excluding carboxylic acids is 4. The number of hydrogen-bond acceptors (Lipinski definition) is 7. The Labute approximate surface area is 230 Å². The Bertz CT molecular complexity index is 1170. The fourth-order valence-corrected chi connectivity index (χ4v) is 8.83. The third kappa shape index (κ3) is 5.25. The van der Waals surface area contributed by atoms with Crippen molar-refractivity contribution in [1.29, 1.82) is 0 Å². The summed E-state index contributed by atoms with van der Waals surface area (Å²) in [5.74, 6) is -6.10. The van der Waals surface area contributed by atoms with E-state index in [0.29, 0.717) is 38.5 Å². The zero-order valence-electron chi connectivity index (χ0n) is 22.5. The minimum atomic E-state index is -6.37. The van der Waals surface area contributed by atoms with Gasteiger partial charge < -0.3 is 4.74 Å². The summed E-state index contributed by atoms with van der Waals surface area (Å²) in [6, 6.07) is 0. The number of ether oxygens (including phenoxy) is 1. The molecule has 0 aromatic carbocycles. The first kappa shape index (κ1) is 31.1. The van der Waals surface area contributed by atoms with Gasteiger partial charge in [0.05, 0.1) is 13.0 Å². The van der Waals surface area contributed by atoms with Gasteiger partial charge >= 0.3 is 27.3 Å². The second-order valence-electron chi connectivity index (χ2n) is 12.4. The second-order valence-corrected chi connectivity index (χ2v) is 13.9. The Morgan fingerprint density at radius 2 is 1.75 bits per heavy atom. The molecule has 0 aromatic heterocycles. The van der Waals surface area contributed by atoms with E-state index in [0.717, 1.165) is 6.42 Å². The summed E-state index contributed by atoms with van der Waals surface area (Å²) in [5, 5.41) is -5.73. The lowest BCUT2D eigenvalue weighted by atomic mass is 9.48. The summed E-state index contributed by atoms with van der Waals surface area (Å²) in [5.41, 5.74) is -0.749. The van der Waals surface area contributed by atoms with Crippen LogP contribution >= 0.6 is 0 Å². The van der Waals surface area contributed by atoms with Crippen LogP contribution in [-0.2, 0) is 34.0 Å². The average molecular weight is 597 g/mol. The molecule has 226 valence electrons. The van der Waals surface area contributed by atoms with Gasteiger partial charge in [-0.2, -0.15) is 26.0 Å². The summed E-state index contributed by atoms with van der Waals surface area (Å²) in [4.78, 5) is 51.1. The molecule has 4 rings (SSSR count). The standard InChI is InChI=1S/C27H36F4O8S/c1-14(3-8-23(35)39-10-9-26(28,29)27(30,31)40(36,37)38)19-6-7-20-24-18(13-22(34)25(19,20)2)17-5-4-16(32)11-15(17)12-21(24)33/h14-15,17-20,24H,3-13H2,1-2H3,(H,36,37,38)/t14-,15?,17+,18-,19-,20+,24-,25-/m1/s1. The molecule has 4 aliphatic rings. The van der Waals surface area contributed by atoms with Crippen molar-refractivity contribution in [2.45, 2.75) is 89.2 Å². The van der Waals surface area contributed by atoms with Crippen LogP contribution in [0.1, 0.15) is 78.1 Å². The molecule has 0 aromatic rings. The summed E-state index contributed by atoms with van der Waals surface area (Å²) < 4.78 is 88.0. The van der Waals surface area contributed by atoms with Gasteiger partial charge in [0.1, 0.15) is 17.3 Å². The Hall–Kier alpha value is -1.89. The molecular formula is C27H36F4O8S. The summed E-state index contributed by atoms with van der Waals surface area (Å²) in [7, 11) is -6.37. The van der Waals surface area contributed by atoms with E-state index in [1.807, 2.05) is 13.8 Å². The number of fused-ring (bicyclic) bond motifs is 5. The van der Waals surface area contributed by atoms with E-state index in [1.54, 1.807) is 0 Å².